The Kier molecular flexibility index (Phi) is 65.9. The zero-order valence-corrected chi connectivity index (χ0v) is 58.6. The number of rotatable bonds is 72. The van der Waals surface area contributed by atoms with Gasteiger partial charge in [-0.3, -0.25) is 4.79 Å². The first kappa shape index (κ1) is 84.2. The molecule has 0 aromatic rings. The number of aliphatic hydroxyl groups excluding tert-OH is 5. The number of unbranched alkanes of at least 4 members (excludes halogenated alkanes) is 62. The lowest BCUT2D eigenvalue weighted by Gasteiger charge is -2.40. The van der Waals surface area contributed by atoms with Crippen molar-refractivity contribution in [2.75, 3.05) is 13.2 Å². The van der Waals surface area contributed by atoms with E-state index in [1.165, 1.54) is 372 Å². The molecule has 6 N–H and O–H groups in total. The molecule has 520 valence electrons. The summed E-state index contributed by atoms with van der Waals surface area (Å²) in [6.07, 6.45) is 80.8. The second-order valence-electron chi connectivity index (χ2n) is 28.2. The van der Waals surface area contributed by atoms with Crippen molar-refractivity contribution in [1.29, 1.82) is 0 Å². The highest BCUT2D eigenvalue weighted by Gasteiger charge is 2.44. The maximum absolute atomic E-state index is 13.2. The number of carbonyl (C=O) groups excluding carboxylic acids is 1. The van der Waals surface area contributed by atoms with Crippen LogP contribution in [0.15, 0.2) is 0 Å². The highest BCUT2D eigenvalue weighted by atomic mass is 16.7. The normalized spacial score (nSPS) is 17.8. The predicted molar refractivity (Wildman–Crippen MR) is 374 cm³/mol. The number of hydrogen-bond acceptors (Lipinski definition) is 8. The molecule has 1 amide bonds. The van der Waals surface area contributed by atoms with E-state index in [9.17, 15) is 30.3 Å². The molecule has 0 aliphatic carbocycles. The molecule has 0 spiro atoms. The van der Waals surface area contributed by atoms with E-state index in [0.717, 1.165) is 38.5 Å². The summed E-state index contributed by atoms with van der Waals surface area (Å²) in [5.41, 5.74) is 0. The van der Waals surface area contributed by atoms with Crippen LogP contribution in [-0.4, -0.2) is 87.5 Å². The van der Waals surface area contributed by atoms with Crippen LogP contribution in [0.1, 0.15) is 438 Å². The summed E-state index contributed by atoms with van der Waals surface area (Å²) < 4.78 is 11.4. The molecular formula is C78H155NO8. The van der Waals surface area contributed by atoms with Crippen LogP contribution in [-0.2, 0) is 14.3 Å². The highest BCUT2D eigenvalue weighted by molar-refractivity contribution is 5.76. The van der Waals surface area contributed by atoms with Crippen LogP contribution < -0.4 is 5.32 Å². The Morgan fingerprint density at radius 1 is 0.345 bits per heavy atom. The van der Waals surface area contributed by atoms with Crippen LogP contribution in [0.4, 0.5) is 0 Å². The van der Waals surface area contributed by atoms with Gasteiger partial charge in [0.25, 0.3) is 0 Å². The van der Waals surface area contributed by atoms with E-state index in [-0.39, 0.29) is 12.5 Å². The Bertz CT molecular complexity index is 1340. The first-order valence-corrected chi connectivity index (χ1v) is 39.7. The molecule has 7 atom stereocenters. The van der Waals surface area contributed by atoms with Gasteiger partial charge >= 0.3 is 0 Å². The highest BCUT2D eigenvalue weighted by Crippen LogP contribution is 2.25. The lowest BCUT2D eigenvalue weighted by molar-refractivity contribution is -0.302. The Morgan fingerprint density at radius 3 is 0.816 bits per heavy atom. The third-order valence-corrected chi connectivity index (χ3v) is 19.7. The Hall–Kier alpha value is -0.810. The number of ether oxygens (including phenoxy) is 2. The third kappa shape index (κ3) is 56.5. The minimum absolute atomic E-state index is 0.130. The van der Waals surface area contributed by atoms with Crippen LogP contribution in [0.3, 0.4) is 0 Å². The Morgan fingerprint density at radius 2 is 0.575 bits per heavy atom. The van der Waals surface area contributed by atoms with Gasteiger partial charge in [-0.1, -0.05) is 418 Å². The fraction of sp³-hybridized carbons (Fsp3) is 0.987. The van der Waals surface area contributed by atoms with Crippen LogP contribution in [0.2, 0.25) is 0 Å². The number of carbonyl (C=O) groups is 1. The number of nitrogens with one attached hydrogen (secondary N) is 1. The summed E-state index contributed by atoms with van der Waals surface area (Å²) in [4.78, 5) is 13.2. The topological polar surface area (TPSA) is 149 Å². The number of aliphatic hydroxyl groups is 5. The molecule has 0 radical (unpaired) electrons. The second kappa shape index (κ2) is 68.1. The summed E-state index contributed by atoms with van der Waals surface area (Å²) >= 11 is 0. The average molecular weight is 1240 g/mol. The standard InChI is InChI=1S/C78H155NO8/c1-3-5-7-9-11-13-15-17-19-21-23-25-27-29-31-33-35-37-39-41-43-45-47-49-51-53-55-57-59-61-63-65-67-72(81)71(70-86-78-77(85)76(84)75(83)73(69-80)87-78)79-74(82)68-66-64-62-60-58-56-54-52-50-48-46-44-42-40-38-36-34-32-30-28-26-24-22-20-18-16-14-12-10-8-6-4-2/h71-73,75-78,80-81,83-85H,3-70H2,1-2H3,(H,79,82). The van der Waals surface area contributed by atoms with Gasteiger partial charge in [0.05, 0.1) is 25.4 Å². The molecule has 9 heteroatoms. The summed E-state index contributed by atoms with van der Waals surface area (Å²) in [5, 5.41) is 55.1. The van der Waals surface area contributed by atoms with E-state index in [1.807, 2.05) is 0 Å². The first-order valence-electron chi connectivity index (χ1n) is 39.7. The molecule has 0 aromatic heterocycles. The fourth-order valence-corrected chi connectivity index (χ4v) is 13.5. The van der Waals surface area contributed by atoms with E-state index in [2.05, 4.69) is 19.2 Å². The van der Waals surface area contributed by atoms with Crippen molar-refractivity contribution >= 4 is 5.91 Å². The van der Waals surface area contributed by atoms with E-state index in [4.69, 9.17) is 9.47 Å². The second-order valence-corrected chi connectivity index (χ2v) is 28.2. The Balaban J connectivity index is 2.04. The monoisotopic (exact) mass is 1230 g/mol. The smallest absolute Gasteiger partial charge is 0.220 e. The summed E-state index contributed by atoms with van der Waals surface area (Å²) in [5.74, 6) is -0.131. The summed E-state index contributed by atoms with van der Waals surface area (Å²) in [6.45, 7) is 3.92. The summed E-state index contributed by atoms with van der Waals surface area (Å²) in [6, 6.07) is -0.716. The van der Waals surface area contributed by atoms with Crippen molar-refractivity contribution in [3.8, 4) is 0 Å². The fourth-order valence-electron chi connectivity index (χ4n) is 13.5. The molecule has 0 bridgehead atoms. The van der Waals surface area contributed by atoms with Gasteiger partial charge in [-0.25, -0.2) is 0 Å². The molecule has 1 saturated heterocycles. The molecule has 1 aliphatic rings. The largest absolute Gasteiger partial charge is 0.394 e. The molecule has 9 nitrogen and oxygen atoms in total. The van der Waals surface area contributed by atoms with Gasteiger partial charge < -0.3 is 40.3 Å². The van der Waals surface area contributed by atoms with Gasteiger partial charge in [-0.2, -0.15) is 0 Å². The van der Waals surface area contributed by atoms with Crippen LogP contribution >= 0.6 is 0 Å². The zero-order chi connectivity index (χ0) is 62.8. The third-order valence-electron chi connectivity index (χ3n) is 19.7. The van der Waals surface area contributed by atoms with Crippen molar-refractivity contribution in [3.05, 3.63) is 0 Å². The van der Waals surface area contributed by atoms with E-state index < -0.39 is 49.5 Å². The lowest BCUT2D eigenvalue weighted by Crippen LogP contribution is -2.60. The minimum Gasteiger partial charge on any atom is -0.394 e. The first-order chi connectivity index (χ1) is 42.8. The van der Waals surface area contributed by atoms with Gasteiger partial charge in [0.2, 0.25) is 5.91 Å². The Labute approximate surface area is 542 Å². The summed E-state index contributed by atoms with van der Waals surface area (Å²) in [7, 11) is 0. The molecular weight excluding hydrogens is 1080 g/mol. The molecule has 1 heterocycles. The van der Waals surface area contributed by atoms with Crippen molar-refractivity contribution in [2.24, 2.45) is 0 Å². The van der Waals surface area contributed by atoms with Crippen LogP contribution in [0.5, 0.6) is 0 Å². The zero-order valence-electron chi connectivity index (χ0n) is 58.6. The molecule has 87 heavy (non-hydrogen) atoms. The minimum atomic E-state index is -1.55. The average Bonchev–Trinajstić information content (AvgIpc) is 3.47. The molecule has 1 rings (SSSR count). The lowest BCUT2D eigenvalue weighted by atomic mass is 9.99. The van der Waals surface area contributed by atoms with Gasteiger partial charge in [0.1, 0.15) is 24.4 Å². The molecule has 0 saturated carbocycles. The van der Waals surface area contributed by atoms with Crippen molar-refractivity contribution in [2.45, 2.75) is 480 Å². The van der Waals surface area contributed by atoms with E-state index in [1.54, 1.807) is 0 Å². The molecule has 1 fully saturated rings. The van der Waals surface area contributed by atoms with Crippen molar-refractivity contribution in [3.63, 3.8) is 0 Å². The SMILES string of the molecule is CCCCCCCCCCCCCCCCCCCCCCCCCCCCCCCCCCC(=O)NC(COC1OC(CO)C(O)C(O)C1O)C(O)CCCCCCCCCCCCCCCCCCCCCCCCCCCCCCCCCC. The van der Waals surface area contributed by atoms with Gasteiger partial charge in [-0.05, 0) is 12.8 Å². The molecule has 1 aliphatic heterocycles. The maximum Gasteiger partial charge on any atom is 0.220 e. The molecule has 0 aromatic carbocycles. The maximum atomic E-state index is 13.2. The molecule has 7 unspecified atom stereocenters. The number of hydrogen-bond donors (Lipinski definition) is 6. The quantitative estimate of drug-likeness (QED) is 0.0330. The van der Waals surface area contributed by atoms with E-state index >= 15 is 0 Å². The van der Waals surface area contributed by atoms with Crippen molar-refractivity contribution < 1.29 is 39.8 Å². The van der Waals surface area contributed by atoms with Gasteiger partial charge in [0.15, 0.2) is 6.29 Å². The van der Waals surface area contributed by atoms with Crippen molar-refractivity contribution in [1.82, 2.24) is 5.32 Å². The van der Waals surface area contributed by atoms with E-state index in [0.29, 0.717) is 12.8 Å². The predicted octanol–water partition coefficient (Wildman–Crippen LogP) is 22.4. The van der Waals surface area contributed by atoms with Gasteiger partial charge in [-0.15, -0.1) is 0 Å². The van der Waals surface area contributed by atoms with Crippen LogP contribution in [0.25, 0.3) is 0 Å². The van der Waals surface area contributed by atoms with Crippen LogP contribution in [0, 0.1) is 0 Å². The number of amides is 1. The van der Waals surface area contributed by atoms with Gasteiger partial charge in [0, 0.05) is 6.42 Å².